The van der Waals surface area contributed by atoms with Crippen molar-refractivity contribution in [3.05, 3.63) is 66.0 Å². The summed E-state index contributed by atoms with van der Waals surface area (Å²) in [6.07, 6.45) is -2.07. The zero-order valence-electron chi connectivity index (χ0n) is 17.3. The van der Waals surface area contributed by atoms with Crippen LogP contribution >= 0.6 is 0 Å². The summed E-state index contributed by atoms with van der Waals surface area (Å²) in [6.45, 7) is 3.80. The van der Waals surface area contributed by atoms with Crippen LogP contribution in [0.2, 0.25) is 0 Å². The van der Waals surface area contributed by atoms with E-state index in [1.165, 1.54) is 35.3 Å². The fraction of sp³-hybridized carbons (Fsp3) is 0.304. The van der Waals surface area contributed by atoms with Gasteiger partial charge in [0, 0.05) is 41.5 Å². The molecule has 1 N–H and O–H groups in total. The molecule has 0 aliphatic rings. The van der Waals surface area contributed by atoms with Crippen LogP contribution in [0.1, 0.15) is 36.2 Å². The minimum absolute atomic E-state index is 0.118. The van der Waals surface area contributed by atoms with Crippen LogP contribution in [0.15, 0.2) is 54.9 Å². The Kier molecular flexibility index (Phi) is 4.93. The van der Waals surface area contributed by atoms with Gasteiger partial charge in [-0.05, 0) is 29.7 Å². The van der Waals surface area contributed by atoms with Crippen LogP contribution in [0.3, 0.4) is 0 Å². The first-order chi connectivity index (χ1) is 14.5. The number of benzene rings is 2. The van der Waals surface area contributed by atoms with Gasteiger partial charge in [-0.3, -0.25) is 4.79 Å². The highest BCUT2D eigenvalue weighted by Gasteiger charge is 2.57. The molecule has 31 heavy (non-hydrogen) atoms. The van der Waals surface area contributed by atoms with Crippen LogP contribution in [0.25, 0.3) is 21.8 Å². The third-order valence-electron chi connectivity index (χ3n) is 5.50. The zero-order valence-corrected chi connectivity index (χ0v) is 17.3. The van der Waals surface area contributed by atoms with Crippen LogP contribution in [-0.2, 0) is 12.6 Å². The molecule has 162 valence electrons. The first kappa shape index (κ1) is 21.1. The molecule has 8 heteroatoms. The lowest BCUT2D eigenvalue weighted by atomic mass is 9.85. The Labute approximate surface area is 176 Å². The highest BCUT2D eigenvalue weighted by atomic mass is 19.4. The minimum Gasteiger partial charge on any atom is -0.372 e. The van der Waals surface area contributed by atoms with E-state index in [-0.39, 0.29) is 29.4 Å². The Morgan fingerprint density at radius 2 is 1.84 bits per heavy atom. The van der Waals surface area contributed by atoms with E-state index in [1.807, 2.05) is 13.8 Å². The molecule has 4 rings (SSSR count). The lowest BCUT2D eigenvalue weighted by Gasteiger charge is -2.31. The topological polar surface area (TPSA) is 60.1 Å². The minimum atomic E-state index is -4.98. The summed E-state index contributed by atoms with van der Waals surface area (Å²) in [7, 11) is 1.64. The lowest BCUT2D eigenvalue weighted by Crippen LogP contribution is -2.43. The Bertz CT molecular complexity index is 1290. The van der Waals surface area contributed by atoms with Gasteiger partial charge in [0.2, 0.25) is 11.5 Å². The molecule has 0 amide bonds. The summed E-state index contributed by atoms with van der Waals surface area (Å²) in [5, 5.41) is 15.9. The number of aromatic nitrogens is 3. The molecular weight excluding hydrogens is 407 g/mol. The number of alkyl halides is 3. The van der Waals surface area contributed by atoms with Crippen LogP contribution in [0.5, 0.6) is 0 Å². The summed E-state index contributed by atoms with van der Waals surface area (Å²) >= 11 is 0. The van der Waals surface area contributed by atoms with Crippen molar-refractivity contribution in [2.24, 2.45) is 13.0 Å². The molecule has 1 atom stereocenters. The van der Waals surface area contributed by atoms with Crippen molar-refractivity contribution in [2.45, 2.75) is 32.0 Å². The third kappa shape index (κ3) is 3.31. The summed E-state index contributed by atoms with van der Waals surface area (Å²) < 4.78 is 45.8. The third-order valence-corrected chi connectivity index (χ3v) is 5.50. The zero-order chi connectivity index (χ0) is 22.6. The van der Waals surface area contributed by atoms with Crippen molar-refractivity contribution < 1.29 is 23.1 Å². The van der Waals surface area contributed by atoms with Crippen molar-refractivity contribution in [1.29, 1.82) is 0 Å². The number of hydrogen-bond acceptors (Lipinski definition) is 3. The standard InChI is InChI=1S/C23H22F3N3O2/c1-14(2)10-21(30)29-19-9-8-16(11-15(19)12-27-29)22(31,23(24,25)26)18-13-28(3)20-7-5-4-6-17(18)20/h4-9,11-14,31H,10H2,1-3H3. The molecule has 0 radical (unpaired) electrons. The Morgan fingerprint density at radius 1 is 1.13 bits per heavy atom. The van der Waals surface area contributed by atoms with Crippen molar-refractivity contribution in [3.8, 4) is 0 Å². The predicted octanol–water partition coefficient (Wildman–Crippen LogP) is 5.01. The van der Waals surface area contributed by atoms with Crippen molar-refractivity contribution in [3.63, 3.8) is 0 Å². The van der Waals surface area contributed by atoms with Gasteiger partial charge < -0.3 is 9.67 Å². The number of aliphatic hydroxyl groups is 1. The molecule has 0 bridgehead atoms. The van der Waals surface area contributed by atoms with E-state index in [9.17, 15) is 23.1 Å². The molecule has 2 aromatic heterocycles. The maximum atomic E-state index is 14.4. The molecule has 0 saturated carbocycles. The molecular formula is C23H22F3N3O2. The van der Waals surface area contributed by atoms with E-state index in [1.54, 1.807) is 35.9 Å². The van der Waals surface area contributed by atoms with Gasteiger partial charge in [-0.2, -0.15) is 18.3 Å². The summed E-state index contributed by atoms with van der Waals surface area (Å²) in [4.78, 5) is 12.4. The summed E-state index contributed by atoms with van der Waals surface area (Å²) in [5.74, 6) is -0.120. The van der Waals surface area contributed by atoms with Crippen LogP contribution < -0.4 is 0 Å². The average Bonchev–Trinajstić information content (AvgIpc) is 3.27. The number of para-hydroxylation sites is 1. The van der Waals surface area contributed by atoms with Crippen molar-refractivity contribution in [1.82, 2.24) is 14.3 Å². The first-order valence-corrected chi connectivity index (χ1v) is 9.89. The highest BCUT2D eigenvalue weighted by molar-refractivity contribution is 5.91. The molecule has 0 aliphatic carbocycles. The number of fused-ring (bicyclic) bond motifs is 2. The second kappa shape index (κ2) is 7.23. The largest absolute Gasteiger partial charge is 0.425 e. The van der Waals surface area contributed by atoms with E-state index >= 15 is 0 Å². The van der Waals surface area contributed by atoms with E-state index in [0.717, 1.165) is 0 Å². The van der Waals surface area contributed by atoms with Gasteiger partial charge in [0.1, 0.15) is 0 Å². The molecule has 2 heterocycles. The smallest absolute Gasteiger partial charge is 0.372 e. The number of carbonyl (C=O) groups excluding carboxylic acids is 1. The van der Waals surface area contributed by atoms with Crippen LogP contribution in [0, 0.1) is 5.92 Å². The number of carbonyl (C=O) groups is 1. The Morgan fingerprint density at radius 3 is 2.52 bits per heavy atom. The second-order valence-corrected chi connectivity index (χ2v) is 8.20. The van der Waals surface area contributed by atoms with Gasteiger partial charge in [0.15, 0.2) is 0 Å². The SMILES string of the molecule is CC(C)CC(=O)n1ncc2cc(C(O)(c3cn(C)c4ccccc34)C(F)(F)F)ccc21. The monoisotopic (exact) mass is 429 g/mol. The maximum absolute atomic E-state index is 14.4. The fourth-order valence-electron chi connectivity index (χ4n) is 3.99. The van der Waals surface area contributed by atoms with Gasteiger partial charge in [0.25, 0.3) is 0 Å². The van der Waals surface area contributed by atoms with E-state index in [0.29, 0.717) is 21.8 Å². The number of nitrogens with zero attached hydrogens (tertiary/aromatic N) is 3. The highest BCUT2D eigenvalue weighted by Crippen LogP contribution is 2.47. The quantitative estimate of drug-likeness (QED) is 0.496. The molecule has 0 saturated heterocycles. The normalized spacial score (nSPS) is 14.5. The van der Waals surface area contributed by atoms with Crippen molar-refractivity contribution >= 4 is 27.7 Å². The average molecular weight is 429 g/mol. The number of hydrogen-bond donors (Lipinski definition) is 1. The van der Waals surface area contributed by atoms with Gasteiger partial charge in [-0.15, -0.1) is 0 Å². The first-order valence-electron chi connectivity index (χ1n) is 9.89. The second-order valence-electron chi connectivity index (χ2n) is 8.20. The number of halogens is 3. The van der Waals surface area contributed by atoms with E-state index < -0.39 is 11.8 Å². The molecule has 2 aromatic carbocycles. The molecule has 0 fully saturated rings. The van der Waals surface area contributed by atoms with Crippen LogP contribution in [-0.4, -0.2) is 31.5 Å². The molecule has 5 nitrogen and oxygen atoms in total. The Balaban J connectivity index is 1.90. The van der Waals surface area contributed by atoms with Gasteiger partial charge in [-0.25, -0.2) is 4.68 Å². The number of rotatable bonds is 4. The maximum Gasteiger partial charge on any atom is 0.425 e. The predicted molar refractivity (Wildman–Crippen MR) is 112 cm³/mol. The van der Waals surface area contributed by atoms with Gasteiger partial charge in [-0.1, -0.05) is 38.1 Å². The van der Waals surface area contributed by atoms with E-state index in [4.69, 9.17) is 0 Å². The van der Waals surface area contributed by atoms with E-state index in [2.05, 4.69) is 5.10 Å². The van der Waals surface area contributed by atoms with Crippen molar-refractivity contribution in [2.75, 3.05) is 0 Å². The molecule has 1 unspecified atom stereocenters. The Hall–Kier alpha value is -3.13. The van der Waals surface area contributed by atoms with Crippen LogP contribution in [0.4, 0.5) is 13.2 Å². The molecule has 4 aromatic rings. The fourth-order valence-corrected chi connectivity index (χ4v) is 3.99. The molecule has 0 aliphatic heterocycles. The van der Waals surface area contributed by atoms with Gasteiger partial charge in [0.05, 0.1) is 11.7 Å². The summed E-state index contributed by atoms with van der Waals surface area (Å²) in [6, 6.07) is 10.5. The number of aryl methyl sites for hydroxylation is 1. The molecule has 0 spiro atoms. The van der Waals surface area contributed by atoms with Gasteiger partial charge >= 0.3 is 6.18 Å². The summed E-state index contributed by atoms with van der Waals surface area (Å²) in [5.41, 5.74) is -2.84. The lowest BCUT2D eigenvalue weighted by molar-refractivity contribution is -0.247.